The average molecular weight is 1230 g/mol. The molecule has 0 saturated heterocycles. The lowest BCUT2D eigenvalue weighted by Gasteiger charge is -2.33. The maximum atomic E-state index is 6.92. The van der Waals surface area contributed by atoms with E-state index in [4.69, 9.17) is 8.83 Å². The monoisotopic (exact) mass is 1230 g/mol. The topological polar surface area (TPSA) is 32.8 Å². The van der Waals surface area contributed by atoms with Crippen molar-refractivity contribution in [2.24, 2.45) is 10.8 Å². The molecule has 0 aliphatic rings. The van der Waals surface area contributed by atoms with Gasteiger partial charge in [0.1, 0.15) is 22.3 Å². The fraction of sp³-hybridized carbons (Fsp3) is 0.222. The predicted octanol–water partition coefficient (Wildman–Crippen LogP) is 26.9. The first-order valence-corrected chi connectivity index (χ1v) is 33.5. The van der Waals surface area contributed by atoms with Crippen molar-refractivity contribution in [3.63, 3.8) is 0 Å². The summed E-state index contributed by atoms with van der Waals surface area (Å²) >= 11 is 0. The van der Waals surface area contributed by atoms with Gasteiger partial charge in [0.2, 0.25) is 0 Å². The molecule has 2 heterocycles. The first-order chi connectivity index (χ1) is 44.9. The van der Waals surface area contributed by atoms with Crippen molar-refractivity contribution >= 4 is 88.8 Å². The Morgan fingerprint density at radius 2 is 0.638 bits per heavy atom. The minimum absolute atomic E-state index is 0.0106. The number of nitrogens with zero attached hydrogens (tertiary/aromatic N) is 2. The van der Waals surface area contributed by atoms with Gasteiger partial charge in [0.05, 0.1) is 0 Å². The van der Waals surface area contributed by atoms with Crippen LogP contribution in [0.1, 0.15) is 115 Å². The maximum Gasteiger partial charge on any atom is 0.137 e. The average Bonchev–Trinajstić information content (AvgIpc) is 1.54. The van der Waals surface area contributed by atoms with Crippen molar-refractivity contribution in [3.05, 3.63) is 276 Å². The first kappa shape index (κ1) is 61.6. The van der Waals surface area contributed by atoms with Gasteiger partial charge in [0.15, 0.2) is 0 Å². The molecule has 4 nitrogen and oxygen atoms in total. The lowest BCUT2D eigenvalue weighted by atomic mass is 9.71. The van der Waals surface area contributed by atoms with Crippen LogP contribution in [-0.2, 0) is 10.8 Å². The molecule has 2 aromatic heterocycles. The van der Waals surface area contributed by atoms with Crippen molar-refractivity contribution in [1.82, 2.24) is 0 Å². The fourth-order valence-electron chi connectivity index (χ4n) is 15.6. The van der Waals surface area contributed by atoms with Gasteiger partial charge in [-0.2, -0.15) is 0 Å². The number of anilines is 6. The van der Waals surface area contributed by atoms with Crippen molar-refractivity contribution in [3.8, 4) is 44.5 Å². The van der Waals surface area contributed by atoms with Gasteiger partial charge in [-0.3, -0.25) is 0 Å². The first-order valence-electron chi connectivity index (χ1n) is 33.5. The quantitative estimate of drug-likeness (QED) is 0.109. The number of fused-ring (bicyclic) bond motifs is 7. The molecule has 0 fully saturated rings. The summed E-state index contributed by atoms with van der Waals surface area (Å²) in [6.45, 7) is 32.3. The molecule has 0 radical (unpaired) electrons. The fourth-order valence-corrected chi connectivity index (χ4v) is 15.6. The Balaban J connectivity index is 0.799. The second kappa shape index (κ2) is 23.6. The molecule has 94 heavy (non-hydrogen) atoms. The molecule has 12 aromatic carbocycles. The van der Waals surface area contributed by atoms with Crippen LogP contribution in [0.15, 0.2) is 251 Å². The molecule has 0 aliphatic heterocycles. The van der Waals surface area contributed by atoms with Crippen molar-refractivity contribution in [1.29, 1.82) is 0 Å². The summed E-state index contributed by atoms with van der Waals surface area (Å²) in [5.74, 6) is 0. The SMILES string of the molecule is Cc1ccc(N(c2ccc(-c3ccc(C(C)(C)CC(C)(C)C)cc3-c3ccccc3)cc2)c2ccc3c(c2)oc2cc4cc5c(cc4cc23)oc2cc(N(c3ccc(-c4ccc(C(C)(C)CC(C)(C)C)cc4-c4ccccc4)cc3)c3ccc(C)cc3C)ccc25)c(C)c1. The van der Waals surface area contributed by atoms with Crippen LogP contribution in [0.25, 0.3) is 99.2 Å². The summed E-state index contributed by atoms with van der Waals surface area (Å²) < 4.78 is 13.8. The summed E-state index contributed by atoms with van der Waals surface area (Å²) in [7, 11) is 0. The Bertz CT molecular complexity index is 4850. The molecule has 4 heteroatoms. The molecule has 0 saturated carbocycles. The molecule has 0 unspecified atom stereocenters. The lowest BCUT2D eigenvalue weighted by molar-refractivity contribution is 0.283. The third-order valence-electron chi connectivity index (χ3n) is 19.3. The van der Waals surface area contributed by atoms with Crippen LogP contribution in [0.2, 0.25) is 0 Å². The Kier molecular flexibility index (Phi) is 15.5. The third-order valence-corrected chi connectivity index (χ3v) is 19.3. The van der Waals surface area contributed by atoms with Gasteiger partial charge in [-0.1, -0.05) is 214 Å². The molecule has 0 amide bonds. The lowest BCUT2D eigenvalue weighted by Crippen LogP contribution is -2.24. The van der Waals surface area contributed by atoms with Gasteiger partial charge in [-0.15, -0.1) is 0 Å². The van der Waals surface area contributed by atoms with Crippen molar-refractivity contribution in [2.75, 3.05) is 9.80 Å². The Morgan fingerprint density at radius 1 is 0.287 bits per heavy atom. The Hall–Kier alpha value is -9.90. The van der Waals surface area contributed by atoms with E-state index in [9.17, 15) is 0 Å². The molecule has 0 atom stereocenters. The van der Waals surface area contributed by atoms with E-state index >= 15 is 0 Å². The zero-order valence-electron chi connectivity index (χ0n) is 57.2. The van der Waals surface area contributed by atoms with E-state index in [0.717, 1.165) is 102 Å². The van der Waals surface area contributed by atoms with E-state index in [1.807, 2.05) is 0 Å². The van der Waals surface area contributed by atoms with Gasteiger partial charge in [-0.05, 0) is 237 Å². The van der Waals surface area contributed by atoms with Gasteiger partial charge >= 0.3 is 0 Å². The predicted molar refractivity (Wildman–Crippen MR) is 403 cm³/mol. The normalized spacial score (nSPS) is 12.4. The van der Waals surface area contributed by atoms with Crippen LogP contribution < -0.4 is 9.80 Å². The zero-order valence-corrected chi connectivity index (χ0v) is 57.2. The molecular weight excluding hydrogens is 1140 g/mol. The summed E-state index contributed by atoms with van der Waals surface area (Å²) in [5.41, 5.74) is 27.5. The Labute approximate surface area is 556 Å². The van der Waals surface area contributed by atoms with Crippen LogP contribution in [0.3, 0.4) is 0 Å². The van der Waals surface area contributed by atoms with Crippen LogP contribution in [0.5, 0.6) is 0 Å². The van der Waals surface area contributed by atoms with Gasteiger partial charge in [0.25, 0.3) is 0 Å². The highest BCUT2D eigenvalue weighted by molar-refractivity contribution is 6.16. The van der Waals surface area contributed by atoms with Crippen LogP contribution >= 0.6 is 0 Å². The smallest absolute Gasteiger partial charge is 0.137 e. The highest BCUT2D eigenvalue weighted by Crippen LogP contribution is 2.48. The molecule has 14 aromatic rings. The minimum Gasteiger partial charge on any atom is -0.456 e. The number of benzene rings is 12. The van der Waals surface area contributed by atoms with Gasteiger partial charge < -0.3 is 18.6 Å². The van der Waals surface area contributed by atoms with Crippen LogP contribution in [0.4, 0.5) is 34.1 Å². The largest absolute Gasteiger partial charge is 0.456 e. The minimum atomic E-state index is 0.0106. The number of hydrogen-bond donors (Lipinski definition) is 0. The van der Waals surface area contributed by atoms with E-state index in [2.05, 4.69) is 349 Å². The van der Waals surface area contributed by atoms with E-state index < -0.39 is 0 Å². The van der Waals surface area contributed by atoms with Crippen LogP contribution in [0, 0.1) is 38.5 Å². The summed E-state index contributed by atoms with van der Waals surface area (Å²) in [4.78, 5) is 4.74. The highest BCUT2D eigenvalue weighted by atomic mass is 16.3. The molecular formula is C90H86N2O2. The molecule has 14 rings (SSSR count). The summed E-state index contributed by atoms with van der Waals surface area (Å²) in [5, 5.41) is 6.46. The van der Waals surface area contributed by atoms with E-state index in [0.29, 0.717) is 0 Å². The van der Waals surface area contributed by atoms with E-state index in [1.165, 1.54) is 77.9 Å². The van der Waals surface area contributed by atoms with Crippen molar-refractivity contribution in [2.45, 2.75) is 121 Å². The number of furan rings is 2. The van der Waals surface area contributed by atoms with Gasteiger partial charge in [-0.25, -0.2) is 0 Å². The summed E-state index contributed by atoms with van der Waals surface area (Å²) in [6.07, 6.45) is 2.17. The Morgan fingerprint density at radius 3 is 1.00 bits per heavy atom. The number of aryl methyl sites for hydroxylation is 4. The molecule has 0 N–H and O–H groups in total. The maximum absolute atomic E-state index is 6.92. The standard InChI is InChI=1S/C90H86N2O2/c1-57-25-43-81(59(3)45-57)91(69-33-27-63(28-34-69)73-39-31-67(89(11,12)55-87(5,6)7)51-77(73)61-21-17-15-18-22-61)71-37-41-75-79-47-65-50-84-80(48-66(65)49-83(79)93-85(75)53-71)76-42-38-72(54-86(76)94-84)92(82-44-26-58(2)46-60(82)4)70-35-29-64(30-36-70)74-40-32-68(90(13,14)56-88(8,9)10)52-78(74)62-23-19-16-20-24-62/h15-54H,55-56H2,1-14H3. The molecule has 0 spiro atoms. The van der Waals surface area contributed by atoms with E-state index in [1.54, 1.807) is 0 Å². The number of hydrogen-bond acceptors (Lipinski definition) is 4. The zero-order chi connectivity index (χ0) is 65.6. The van der Waals surface area contributed by atoms with Gasteiger partial charge in [0, 0.05) is 67.8 Å². The number of rotatable bonds is 14. The highest BCUT2D eigenvalue weighted by Gasteiger charge is 2.31. The third kappa shape index (κ3) is 12.0. The second-order valence-electron chi connectivity index (χ2n) is 30.4. The van der Waals surface area contributed by atoms with Crippen molar-refractivity contribution < 1.29 is 8.83 Å². The molecule has 0 bridgehead atoms. The van der Waals surface area contributed by atoms with E-state index in [-0.39, 0.29) is 21.7 Å². The molecule has 468 valence electrons. The summed E-state index contributed by atoms with van der Waals surface area (Å²) in [6, 6.07) is 89.9. The van der Waals surface area contributed by atoms with Crippen LogP contribution in [-0.4, -0.2) is 0 Å². The second-order valence-corrected chi connectivity index (χ2v) is 30.4. The molecule has 0 aliphatic carbocycles.